The number of nitrogens with zero attached hydrogens (tertiary/aromatic N) is 1. The highest BCUT2D eigenvalue weighted by atomic mass is 35.5. The zero-order chi connectivity index (χ0) is 12.1. The lowest BCUT2D eigenvalue weighted by Crippen LogP contribution is -2.04. The smallest absolute Gasteiger partial charge is 0.293 e. The summed E-state index contributed by atoms with van der Waals surface area (Å²) in [5.74, 6) is 0.401. The van der Waals surface area contributed by atoms with E-state index in [0.717, 1.165) is 0 Å². The van der Waals surface area contributed by atoms with Gasteiger partial charge in [-0.15, -0.1) is 0 Å². The van der Waals surface area contributed by atoms with Crippen molar-refractivity contribution in [3.05, 3.63) is 38.9 Å². The first-order chi connectivity index (χ1) is 7.52. The fourth-order valence-electron chi connectivity index (χ4n) is 1.29. The summed E-state index contributed by atoms with van der Waals surface area (Å²) in [6.45, 7) is 4.83. The van der Waals surface area contributed by atoms with E-state index in [1.807, 2.05) is 13.8 Å². The lowest BCUT2D eigenvalue weighted by molar-refractivity contribution is -0.385. The van der Waals surface area contributed by atoms with E-state index in [0.29, 0.717) is 18.1 Å². The third kappa shape index (κ3) is 3.47. The standard InChI is InChI=1S/C11H14ClNO3/c1-8(2)6-16-7-9-4-3-5-10(12)11(9)13(14)15/h3-5,8H,6-7H2,1-2H3. The SMILES string of the molecule is CC(C)COCc1cccc(Cl)c1[N+](=O)[O-]. The van der Waals surface area contributed by atoms with Crippen LogP contribution in [0.3, 0.4) is 0 Å². The van der Waals surface area contributed by atoms with Crippen LogP contribution in [0.2, 0.25) is 5.02 Å². The highest BCUT2D eigenvalue weighted by molar-refractivity contribution is 6.32. The van der Waals surface area contributed by atoms with Crippen LogP contribution in [0, 0.1) is 16.0 Å². The van der Waals surface area contributed by atoms with Crippen LogP contribution in [0.4, 0.5) is 5.69 Å². The zero-order valence-electron chi connectivity index (χ0n) is 9.27. The summed E-state index contributed by atoms with van der Waals surface area (Å²) in [5, 5.41) is 11.0. The van der Waals surface area contributed by atoms with E-state index in [-0.39, 0.29) is 17.3 Å². The van der Waals surface area contributed by atoms with Crippen LogP contribution >= 0.6 is 11.6 Å². The van der Waals surface area contributed by atoms with Crippen LogP contribution in [0.1, 0.15) is 19.4 Å². The summed E-state index contributed by atoms with van der Waals surface area (Å²) in [5.41, 5.74) is 0.450. The van der Waals surface area contributed by atoms with E-state index in [2.05, 4.69) is 0 Å². The molecule has 0 unspecified atom stereocenters. The fraction of sp³-hybridized carbons (Fsp3) is 0.455. The lowest BCUT2D eigenvalue weighted by atomic mass is 10.2. The Labute approximate surface area is 99.3 Å². The number of ether oxygens (including phenoxy) is 1. The number of hydrogen-bond donors (Lipinski definition) is 0. The topological polar surface area (TPSA) is 52.4 Å². The van der Waals surface area contributed by atoms with Crippen molar-refractivity contribution in [3.63, 3.8) is 0 Å². The molecular formula is C11H14ClNO3. The minimum Gasteiger partial charge on any atom is -0.376 e. The molecule has 5 heteroatoms. The second kappa shape index (κ2) is 5.82. The molecule has 0 aliphatic rings. The van der Waals surface area contributed by atoms with Crippen molar-refractivity contribution in [3.8, 4) is 0 Å². The highest BCUT2D eigenvalue weighted by Crippen LogP contribution is 2.28. The molecule has 4 nitrogen and oxygen atoms in total. The molecule has 1 aromatic carbocycles. The van der Waals surface area contributed by atoms with Gasteiger partial charge in [0, 0.05) is 6.61 Å². The van der Waals surface area contributed by atoms with Gasteiger partial charge in [0.05, 0.1) is 17.1 Å². The van der Waals surface area contributed by atoms with Crippen molar-refractivity contribution in [2.24, 2.45) is 5.92 Å². The van der Waals surface area contributed by atoms with Gasteiger partial charge in [0.2, 0.25) is 0 Å². The summed E-state index contributed by atoms with van der Waals surface area (Å²) in [6, 6.07) is 4.85. The second-order valence-corrected chi connectivity index (χ2v) is 4.32. The average Bonchev–Trinajstić information content (AvgIpc) is 2.16. The summed E-state index contributed by atoms with van der Waals surface area (Å²) < 4.78 is 5.36. The number of nitro benzene ring substituents is 1. The van der Waals surface area contributed by atoms with Gasteiger partial charge in [0.1, 0.15) is 5.02 Å². The first kappa shape index (κ1) is 12.9. The molecule has 0 fully saturated rings. The van der Waals surface area contributed by atoms with Crippen molar-refractivity contribution < 1.29 is 9.66 Å². The third-order valence-electron chi connectivity index (χ3n) is 1.96. The number of nitro groups is 1. The second-order valence-electron chi connectivity index (χ2n) is 3.91. The Hall–Kier alpha value is -1.13. The molecule has 0 radical (unpaired) electrons. The summed E-state index contributed by atoms with van der Waals surface area (Å²) in [6.07, 6.45) is 0. The number of hydrogen-bond acceptors (Lipinski definition) is 3. The van der Waals surface area contributed by atoms with Crippen LogP contribution in [0.5, 0.6) is 0 Å². The van der Waals surface area contributed by atoms with Gasteiger partial charge in [-0.25, -0.2) is 0 Å². The van der Waals surface area contributed by atoms with Gasteiger partial charge in [0.15, 0.2) is 0 Å². The van der Waals surface area contributed by atoms with Gasteiger partial charge < -0.3 is 4.74 Å². The van der Waals surface area contributed by atoms with Gasteiger partial charge >= 0.3 is 0 Å². The molecule has 88 valence electrons. The molecule has 0 aliphatic carbocycles. The maximum atomic E-state index is 10.8. The minimum absolute atomic E-state index is 0.0621. The van der Waals surface area contributed by atoms with Crippen LogP contribution in [-0.4, -0.2) is 11.5 Å². The zero-order valence-corrected chi connectivity index (χ0v) is 10.0. The molecule has 0 atom stereocenters. The molecule has 0 N–H and O–H groups in total. The largest absolute Gasteiger partial charge is 0.376 e. The molecule has 0 amide bonds. The third-order valence-corrected chi connectivity index (χ3v) is 2.27. The molecule has 0 saturated carbocycles. The van der Waals surface area contributed by atoms with Gasteiger partial charge in [0.25, 0.3) is 5.69 Å². The number of para-hydroxylation sites is 1. The van der Waals surface area contributed by atoms with E-state index in [1.54, 1.807) is 12.1 Å². The van der Waals surface area contributed by atoms with Crippen molar-refractivity contribution >= 4 is 17.3 Å². The summed E-state index contributed by atoms with van der Waals surface area (Å²) >= 11 is 5.77. The van der Waals surface area contributed by atoms with Crippen molar-refractivity contribution in [1.29, 1.82) is 0 Å². The van der Waals surface area contributed by atoms with Gasteiger partial charge in [-0.1, -0.05) is 31.5 Å². The van der Waals surface area contributed by atoms with Crippen molar-refractivity contribution in [1.82, 2.24) is 0 Å². The maximum absolute atomic E-state index is 10.8. The quantitative estimate of drug-likeness (QED) is 0.588. The molecule has 0 spiro atoms. The molecule has 0 aliphatic heterocycles. The van der Waals surface area contributed by atoms with Crippen LogP contribution < -0.4 is 0 Å². The first-order valence-corrected chi connectivity index (χ1v) is 5.39. The Morgan fingerprint density at radius 2 is 2.19 bits per heavy atom. The van der Waals surface area contributed by atoms with Crippen molar-refractivity contribution in [2.75, 3.05) is 6.61 Å². The predicted octanol–water partition coefficient (Wildman–Crippen LogP) is 3.42. The Bertz CT molecular complexity index is 379. The summed E-state index contributed by atoms with van der Waals surface area (Å²) in [7, 11) is 0. The Morgan fingerprint density at radius 1 is 1.50 bits per heavy atom. The lowest BCUT2D eigenvalue weighted by Gasteiger charge is -2.07. The predicted molar refractivity (Wildman–Crippen MR) is 62.6 cm³/mol. The molecule has 0 bridgehead atoms. The van der Waals surface area contributed by atoms with Crippen LogP contribution in [0.15, 0.2) is 18.2 Å². The summed E-state index contributed by atoms with van der Waals surface area (Å²) in [4.78, 5) is 10.3. The van der Waals surface area contributed by atoms with Crippen LogP contribution in [-0.2, 0) is 11.3 Å². The number of halogens is 1. The van der Waals surface area contributed by atoms with E-state index in [4.69, 9.17) is 16.3 Å². The van der Waals surface area contributed by atoms with Gasteiger partial charge in [-0.05, 0) is 18.1 Å². The van der Waals surface area contributed by atoms with E-state index >= 15 is 0 Å². The van der Waals surface area contributed by atoms with E-state index in [1.165, 1.54) is 6.07 Å². The van der Waals surface area contributed by atoms with Gasteiger partial charge in [-0.2, -0.15) is 0 Å². The molecule has 0 saturated heterocycles. The van der Waals surface area contributed by atoms with Crippen molar-refractivity contribution in [2.45, 2.75) is 20.5 Å². The van der Waals surface area contributed by atoms with E-state index < -0.39 is 4.92 Å². The Morgan fingerprint density at radius 3 is 2.75 bits per heavy atom. The molecule has 1 rings (SSSR count). The molecule has 1 aromatic rings. The monoisotopic (exact) mass is 243 g/mol. The van der Waals surface area contributed by atoms with Crippen LogP contribution in [0.25, 0.3) is 0 Å². The minimum atomic E-state index is -0.476. The molecule has 0 aromatic heterocycles. The normalized spacial score (nSPS) is 10.8. The maximum Gasteiger partial charge on any atom is 0.293 e. The fourth-order valence-corrected chi connectivity index (χ4v) is 1.55. The van der Waals surface area contributed by atoms with E-state index in [9.17, 15) is 10.1 Å². The number of rotatable bonds is 5. The Kier molecular flexibility index (Phi) is 4.71. The molecule has 0 heterocycles. The average molecular weight is 244 g/mol. The number of benzene rings is 1. The van der Waals surface area contributed by atoms with Gasteiger partial charge in [-0.3, -0.25) is 10.1 Å². The Balaban J connectivity index is 2.79. The first-order valence-electron chi connectivity index (χ1n) is 5.02. The molecule has 16 heavy (non-hydrogen) atoms. The molecular weight excluding hydrogens is 230 g/mol. The highest BCUT2D eigenvalue weighted by Gasteiger charge is 2.17.